The molecular formula is C13H23N3S. The van der Waals surface area contributed by atoms with E-state index < -0.39 is 0 Å². The van der Waals surface area contributed by atoms with Crippen LogP contribution in [-0.4, -0.2) is 27.6 Å². The molecule has 17 heavy (non-hydrogen) atoms. The van der Waals surface area contributed by atoms with Crippen LogP contribution in [0.25, 0.3) is 0 Å². The largest absolute Gasteiger partial charge is 0.314 e. The standard InChI is InChI=1S/C13H23N3S/c1-3-7-14-11-5-4-6-12(8-11)17-13-9-15-16(2)10-13/h9-12,14H,3-8H2,1-2H3. The molecule has 4 heteroatoms. The van der Waals surface area contributed by atoms with E-state index in [1.807, 2.05) is 29.7 Å². The zero-order valence-electron chi connectivity index (χ0n) is 10.9. The van der Waals surface area contributed by atoms with Gasteiger partial charge < -0.3 is 5.32 Å². The average molecular weight is 253 g/mol. The van der Waals surface area contributed by atoms with Crippen molar-refractivity contribution in [2.45, 2.75) is 55.2 Å². The molecule has 96 valence electrons. The molecule has 2 unspecified atom stereocenters. The van der Waals surface area contributed by atoms with Crippen LogP contribution in [0, 0.1) is 0 Å². The molecule has 3 nitrogen and oxygen atoms in total. The molecule has 1 aromatic heterocycles. The minimum atomic E-state index is 0.734. The van der Waals surface area contributed by atoms with Gasteiger partial charge in [-0.15, -0.1) is 11.8 Å². The molecule has 0 radical (unpaired) electrons. The predicted octanol–water partition coefficient (Wildman–Crippen LogP) is 2.82. The highest BCUT2D eigenvalue weighted by Gasteiger charge is 2.22. The van der Waals surface area contributed by atoms with Crippen molar-refractivity contribution in [3.8, 4) is 0 Å². The van der Waals surface area contributed by atoms with Gasteiger partial charge in [-0.25, -0.2) is 0 Å². The maximum Gasteiger partial charge on any atom is 0.0625 e. The molecule has 2 atom stereocenters. The first-order chi connectivity index (χ1) is 8.28. The lowest BCUT2D eigenvalue weighted by Gasteiger charge is -2.29. The molecule has 2 rings (SSSR count). The van der Waals surface area contributed by atoms with Gasteiger partial charge >= 0.3 is 0 Å². The fourth-order valence-corrected chi connectivity index (χ4v) is 3.76. The Morgan fingerprint density at radius 2 is 2.41 bits per heavy atom. The van der Waals surface area contributed by atoms with Gasteiger partial charge in [0.15, 0.2) is 0 Å². The molecule has 1 aliphatic carbocycles. The van der Waals surface area contributed by atoms with Gasteiger partial charge in [-0.05, 0) is 32.2 Å². The van der Waals surface area contributed by atoms with Crippen molar-refractivity contribution >= 4 is 11.8 Å². The van der Waals surface area contributed by atoms with Crippen LogP contribution >= 0.6 is 11.8 Å². The molecule has 0 saturated heterocycles. The Morgan fingerprint density at radius 3 is 3.12 bits per heavy atom. The van der Waals surface area contributed by atoms with Crippen LogP contribution in [0.5, 0.6) is 0 Å². The van der Waals surface area contributed by atoms with Crippen molar-refractivity contribution < 1.29 is 0 Å². The monoisotopic (exact) mass is 253 g/mol. The third-order valence-electron chi connectivity index (χ3n) is 3.29. The van der Waals surface area contributed by atoms with E-state index in [4.69, 9.17) is 0 Å². The second kappa shape index (κ2) is 6.45. The summed E-state index contributed by atoms with van der Waals surface area (Å²) in [5.41, 5.74) is 0. The summed E-state index contributed by atoms with van der Waals surface area (Å²) in [4.78, 5) is 1.31. The molecule has 1 heterocycles. The van der Waals surface area contributed by atoms with Crippen molar-refractivity contribution in [1.29, 1.82) is 0 Å². The minimum Gasteiger partial charge on any atom is -0.314 e. The molecule has 0 spiro atoms. The summed E-state index contributed by atoms with van der Waals surface area (Å²) < 4.78 is 1.89. The molecule has 1 aromatic rings. The van der Waals surface area contributed by atoms with Gasteiger partial charge in [0.25, 0.3) is 0 Å². The van der Waals surface area contributed by atoms with E-state index in [-0.39, 0.29) is 0 Å². The van der Waals surface area contributed by atoms with Gasteiger partial charge in [-0.1, -0.05) is 13.3 Å². The maximum atomic E-state index is 4.23. The zero-order chi connectivity index (χ0) is 12.1. The van der Waals surface area contributed by atoms with E-state index in [9.17, 15) is 0 Å². The van der Waals surface area contributed by atoms with Crippen LogP contribution in [-0.2, 0) is 7.05 Å². The SMILES string of the molecule is CCCNC1CCCC(Sc2cnn(C)c2)C1. The number of rotatable bonds is 5. The summed E-state index contributed by atoms with van der Waals surface area (Å²) in [6.45, 7) is 3.40. The number of hydrogen-bond acceptors (Lipinski definition) is 3. The lowest BCUT2D eigenvalue weighted by Crippen LogP contribution is -2.35. The number of nitrogens with zero attached hydrogens (tertiary/aromatic N) is 2. The Bertz CT molecular complexity index is 337. The predicted molar refractivity (Wildman–Crippen MR) is 73.4 cm³/mol. The second-order valence-corrected chi connectivity index (χ2v) is 6.28. The van der Waals surface area contributed by atoms with Crippen molar-refractivity contribution in [3.63, 3.8) is 0 Å². The fraction of sp³-hybridized carbons (Fsp3) is 0.769. The van der Waals surface area contributed by atoms with Crippen molar-refractivity contribution in [2.24, 2.45) is 7.05 Å². The van der Waals surface area contributed by atoms with Gasteiger partial charge in [0.1, 0.15) is 0 Å². The number of hydrogen-bond donors (Lipinski definition) is 1. The minimum absolute atomic E-state index is 0.734. The number of thioether (sulfide) groups is 1. The smallest absolute Gasteiger partial charge is 0.0625 e. The second-order valence-electron chi connectivity index (χ2n) is 4.91. The molecule has 1 N–H and O–H groups in total. The number of nitrogens with one attached hydrogen (secondary N) is 1. The van der Waals surface area contributed by atoms with Gasteiger partial charge in [-0.3, -0.25) is 4.68 Å². The molecule has 0 bridgehead atoms. The Morgan fingerprint density at radius 1 is 1.53 bits per heavy atom. The Balaban J connectivity index is 1.80. The third kappa shape index (κ3) is 4.03. The normalized spacial score (nSPS) is 25.1. The first-order valence-corrected chi connectivity index (χ1v) is 7.54. The van der Waals surface area contributed by atoms with E-state index in [0.717, 1.165) is 17.8 Å². The lowest BCUT2D eigenvalue weighted by atomic mass is 9.95. The topological polar surface area (TPSA) is 29.9 Å². The van der Waals surface area contributed by atoms with E-state index in [2.05, 4.69) is 23.5 Å². The summed E-state index contributed by atoms with van der Waals surface area (Å²) in [6.07, 6.45) is 10.7. The van der Waals surface area contributed by atoms with Crippen LogP contribution in [0.4, 0.5) is 0 Å². The maximum absolute atomic E-state index is 4.23. The van der Waals surface area contributed by atoms with Gasteiger partial charge in [-0.2, -0.15) is 5.10 Å². The van der Waals surface area contributed by atoms with E-state index >= 15 is 0 Å². The summed E-state index contributed by atoms with van der Waals surface area (Å²) in [7, 11) is 1.98. The van der Waals surface area contributed by atoms with Gasteiger partial charge in [0.05, 0.1) is 6.20 Å². The fourth-order valence-electron chi connectivity index (χ4n) is 2.44. The van der Waals surface area contributed by atoms with Crippen molar-refractivity contribution in [2.75, 3.05) is 6.54 Å². The first-order valence-electron chi connectivity index (χ1n) is 6.66. The van der Waals surface area contributed by atoms with Gasteiger partial charge in [0.2, 0.25) is 0 Å². The van der Waals surface area contributed by atoms with E-state index in [0.29, 0.717) is 0 Å². The van der Waals surface area contributed by atoms with Crippen LogP contribution in [0.1, 0.15) is 39.0 Å². The molecule has 1 fully saturated rings. The summed E-state index contributed by atoms with van der Waals surface area (Å²) in [5, 5.41) is 8.66. The quantitative estimate of drug-likeness (QED) is 0.875. The van der Waals surface area contributed by atoms with Crippen LogP contribution in [0.15, 0.2) is 17.3 Å². The summed E-state index contributed by atoms with van der Waals surface area (Å²) in [5.74, 6) is 0. The van der Waals surface area contributed by atoms with E-state index in [1.54, 1.807) is 0 Å². The van der Waals surface area contributed by atoms with Gasteiger partial charge in [0, 0.05) is 29.4 Å². The summed E-state index contributed by atoms with van der Waals surface area (Å²) in [6, 6.07) is 0.734. The molecule has 1 saturated carbocycles. The molecule has 1 aliphatic rings. The van der Waals surface area contributed by atoms with Crippen LogP contribution in [0.3, 0.4) is 0 Å². The van der Waals surface area contributed by atoms with Crippen LogP contribution < -0.4 is 5.32 Å². The Hall–Kier alpha value is -0.480. The Labute approximate surface area is 108 Å². The molecule has 0 aliphatic heterocycles. The zero-order valence-corrected chi connectivity index (χ0v) is 11.7. The number of aryl methyl sites for hydroxylation is 1. The average Bonchev–Trinajstić information content (AvgIpc) is 2.73. The highest BCUT2D eigenvalue weighted by Crippen LogP contribution is 2.33. The van der Waals surface area contributed by atoms with Crippen LogP contribution in [0.2, 0.25) is 0 Å². The third-order valence-corrected chi connectivity index (χ3v) is 4.54. The van der Waals surface area contributed by atoms with E-state index in [1.165, 1.54) is 37.0 Å². The lowest BCUT2D eigenvalue weighted by molar-refractivity contribution is 0.381. The highest BCUT2D eigenvalue weighted by atomic mass is 32.2. The number of aromatic nitrogens is 2. The molecule has 0 aromatic carbocycles. The van der Waals surface area contributed by atoms with Crippen molar-refractivity contribution in [3.05, 3.63) is 12.4 Å². The van der Waals surface area contributed by atoms with Crippen molar-refractivity contribution in [1.82, 2.24) is 15.1 Å². The molecule has 0 amide bonds. The highest BCUT2D eigenvalue weighted by molar-refractivity contribution is 8.00. The summed E-state index contributed by atoms with van der Waals surface area (Å²) >= 11 is 2.00. The first kappa shape index (κ1) is 13.0. The Kier molecular flexibility index (Phi) is 4.92. The molecular weight excluding hydrogens is 230 g/mol.